The molecule has 0 rings (SSSR count). The Morgan fingerprint density at radius 2 is 0.965 bits per heavy atom. The highest BCUT2D eigenvalue weighted by molar-refractivity contribution is 7.47. The van der Waals surface area contributed by atoms with Crippen LogP contribution in [0.1, 0.15) is 181 Å². The predicted molar refractivity (Wildman–Crippen MR) is 233 cm³/mol. The van der Waals surface area contributed by atoms with Crippen LogP contribution in [0.3, 0.4) is 0 Å². The first-order valence-electron chi connectivity index (χ1n) is 22.2. The summed E-state index contributed by atoms with van der Waals surface area (Å²) in [7, 11) is -4.63. The van der Waals surface area contributed by atoms with Gasteiger partial charge < -0.3 is 24.6 Å². The first kappa shape index (κ1) is 54.7. The number of phosphoric ester groups is 1. The average Bonchev–Trinajstić information content (AvgIpc) is 3.20. The van der Waals surface area contributed by atoms with Gasteiger partial charge in [-0.1, -0.05) is 152 Å². The zero-order valence-electron chi connectivity index (χ0n) is 35.8. The molecule has 1 unspecified atom stereocenters. The molecule has 0 aliphatic carbocycles. The number of esters is 2. The van der Waals surface area contributed by atoms with Crippen LogP contribution in [0.4, 0.5) is 0 Å². The van der Waals surface area contributed by atoms with Gasteiger partial charge in [0.2, 0.25) is 0 Å². The van der Waals surface area contributed by atoms with E-state index < -0.39 is 51.8 Å². The number of carbonyl (C=O) groups excluding carboxylic acids is 2. The Kier molecular flexibility index (Phi) is 40.1. The van der Waals surface area contributed by atoms with Gasteiger partial charge in [-0.25, -0.2) is 4.57 Å². The Bertz CT molecular complexity index is 1130. The van der Waals surface area contributed by atoms with Crippen molar-refractivity contribution in [3.05, 3.63) is 60.8 Å². The van der Waals surface area contributed by atoms with E-state index >= 15 is 0 Å². The summed E-state index contributed by atoms with van der Waals surface area (Å²) in [6.07, 6.45) is 46.2. The minimum Gasteiger partial charge on any atom is -0.462 e. The molecule has 0 aromatic rings. The molecule has 0 amide bonds. The van der Waals surface area contributed by atoms with Crippen molar-refractivity contribution >= 4 is 19.8 Å². The zero-order valence-corrected chi connectivity index (χ0v) is 36.7. The normalized spacial score (nSPS) is 14.4. The van der Waals surface area contributed by atoms with E-state index in [2.05, 4.69) is 79.1 Å². The van der Waals surface area contributed by atoms with Crippen molar-refractivity contribution < 1.29 is 47.8 Å². The molecule has 0 fully saturated rings. The maximum Gasteiger partial charge on any atom is 0.472 e. The van der Waals surface area contributed by atoms with Crippen molar-refractivity contribution in [1.29, 1.82) is 0 Å². The van der Waals surface area contributed by atoms with Crippen LogP contribution in [0.5, 0.6) is 0 Å². The van der Waals surface area contributed by atoms with Gasteiger partial charge in [0.15, 0.2) is 6.10 Å². The Balaban J connectivity index is 4.33. The lowest BCUT2D eigenvalue weighted by molar-refractivity contribution is -0.161. The summed E-state index contributed by atoms with van der Waals surface area (Å²) < 4.78 is 32.7. The molecule has 0 aromatic heterocycles. The topological polar surface area (TPSA) is 149 Å². The van der Waals surface area contributed by atoms with E-state index in [1.165, 1.54) is 77.0 Å². The van der Waals surface area contributed by atoms with Gasteiger partial charge in [-0.2, -0.15) is 0 Å². The summed E-state index contributed by atoms with van der Waals surface area (Å²) in [5.74, 6) is -0.980. The number of aliphatic hydroxyl groups is 2. The van der Waals surface area contributed by atoms with E-state index in [1.807, 2.05) is 0 Å². The Morgan fingerprint density at radius 1 is 0.544 bits per heavy atom. The molecule has 0 saturated heterocycles. The number of allylic oxidation sites excluding steroid dienone is 10. The fourth-order valence-corrected chi connectivity index (χ4v) is 6.53. The van der Waals surface area contributed by atoms with E-state index in [0.717, 1.165) is 64.2 Å². The van der Waals surface area contributed by atoms with E-state index in [4.69, 9.17) is 19.1 Å². The van der Waals surface area contributed by atoms with E-state index in [-0.39, 0.29) is 19.4 Å². The van der Waals surface area contributed by atoms with Gasteiger partial charge in [0, 0.05) is 12.8 Å². The zero-order chi connectivity index (χ0) is 41.9. The fraction of sp³-hybridized carbons (Fsp3) is 0.739. The molecule has 10 nitrogen and oxygen atoms in total. The van der Waals surface area contributed by atoms with Crippen molar-refractivity contribution in [1.82, 2.24) is 0 Å². The first-order valence-corrected chi connectivity index (χ1v) is 23.7. The fourth-order valence-electron chi connectivity index (χ4n) is 5.74. The number of aliphatic hydroxyl groups excluding tert-OH is 2. The van der Waals surface area contributed by atoms with Crippen molar-refractivity contribution in [2.75, 3.05) is 26.4 Å². The van der Waals surface area contributed by atoms with Crippen molar-refractivity contribution in [2.24, 2.45) is 0 Å². The predicted octanol–water partition coefficient (Wildman–Crippen LogP) is 11.9. The third-order valence-electron chi connectivity index (χ3n) is 9.16. The van der Waals surface area contributed by atoms with Crippen molar-refractivity contribution in [2.45, 2.75) is 193 Å². The summed E-state index contributed by atoms with van der Waals surface area (Å²) in [4.78, 5) is 35.0. The highest BCUT2D eigenvalue weighted by atomic mass is 31.2. The van der Waals surface area contributed by atoms with Crippen molar-refractivity contribution in [3.8, 4) is 0 Å². The van der Waals surface area contributed by atoms with Crippen LogP contribution in [0, 0.1) is 0 Å². The number of phosphoric acid groups is 1. The van der Waals surface area contributed by atoms with Gasteiger partial charge in [-0.3, -0.25) is 18.6 Å². The first-order chi connectivity index (χ1) is 27.7. The molecule has 0 radical (unpaired) electrons. The van der Waals surface area contributed by atoms with Crippen LogP contribution in [0.15, 0.2) is 60.8 Å². The van der Waals surface area contributed by atoms with Gasteiger partial charge in [-0.05, 0) is 77.0 Å². The largest absolute Gasteiger partial charge is 0.472 e. The van der Waals surface area contributed by atoms with Crippen molar-refractivity contribution in [3.63, 3.8) is 0 Å². The lowest BCUT2D eigenvalue weighted by atomic mass is 10.1. The molecule has 11 heteroatoms. The summed E-state index contributed by atoms with van der Waals surface area (Å²) in [5, 5.41) is 18.3. The Morgan fingerprint density at radius 3 is 1.51 bits per heavy atom. The number of hydrogen-bond donors (Lipinski definition) is 3. The molecular weight excluding hydrogens is 743 g/mol. The molecule has 0 aromatic carbocycles. The van der Waals surface area contributed by atoms with Crippen LogP contribution in [0.2, 0.25) is 0 Å². The van der Waals surface area contributed by atoms with Gasteiger partial charge in [0.25, 0.3) is 0 Å². The molecule has 0 aliphatic heterocycles. The lowest BCUT2D eigenvalue weighted by Crippen LogP contribution is -2.29. The van der Waals surface area contributed by atoms with E-state index in [0.29, 0.717) is 12.8 Å². The SMILES string of the molecule is CC/C=C\C/C=C\C/C=C\C/C=C\CCCCC(=O)O[C@H](COC(=O)CCCCCCCCC/C=C\CCCCCCCCCC)COP(=O)(O)OC[C@@H](O)CO. The number of ether oxygens (including phenoxy) is 2. The average molecular weight is 825 g/mol. The molecular formula is C46H81O10P. The second-order valence-electron chi connectivity index (χ2n) is 14.7. The maximum absolute atomic E-state index is 12.6. The molecule has 0 saturated carbocycles. The summed E-state index contributed by atoms with van der Waals surface area (Å²) >= 11 is 0. The van der Waals surface area contributed by atoms with E-state index in [9.17, 15) is 24.2 Å². The smallest absolute Gasteiger partial charge is 0.462 e. The number of carbonyl (C=O) groups is 2. The second-order valence-corrected chi connectivity index (χ2v) is 16.1. The molecule has 330 valence electrons. The van der Waals surface area contributed by atoms with Gasteiger partial charge in [-0.15, -0.1) is 0 Å². The summed E-state index contributed by atoms with van der Waals surface area (Å²) in [6, 6.07) is 0. The third-order valence-corrected chi connectivity index (χ3v) is 10.1. The molecule has 3 atom stereocenters. The quantitative estimate of drug-likeness (QED) is 0.0235. The van der Waals surface area contributed by atoms with Gasteiger partial charge >= 0.3 is 19.8 Å². The monoisotopic (exact) mass is 825 g/mol. The Hall–Kier alpha value is -2.33. The van der Waals surface area contributed by atoms with Crippen LogP contribution < -0.4 is 0 Å². The second kappa shape index (κ2) is 41.8. The molecule has 0 bridgehead atoms. The lowest BCUT2D eigenvalue weighted by Gasteiger charge is -2.20. The summed E-state index contributed by atoms with van der Waals surface area (Å²) in [6.45, 7) is 2.21. The van der Waals surface area contributed by atoms with Crippen LogP contribution >= 0.6 is 7.82 Å². The number of unbranched alkanes of at least 4 members (excludes halogenated alkanes) is 17. The van der Waals surface area contributed by atoms with Crippen LogP contribution in [-0.2, 0) is 32.7 Å². The minimum atomic E-state index is -4.63. The third kappa shape index (κ3) is 41.6. The highest BCUT2D eigenvalue weighted by Crippen LogP contribution is 2.43. The molecule has 0 heterocycles. The van der Waals surface area contributed by atoms with Crippen LogP contribution in [-0.4, -0.2) is 65.7 Å². The van der Waals surface area contributed by atoms with Gasteiger partial charge in [0.05, 0.1) is 19.8 Å². The molecule has 3 N–H and O–H groups in total. The maximum atomic E-state index is 12.6. The van der Waals surface area contributed by atoms with E-state index in [1.54, 1.807) is 0 Å². The Labute approximate surface area is 346 Å². The minimum absolute atomic E-state index is 0.129. The van der Waals surface area contributed by atoms with Gasteiger partial charge in [0.1, 0.15) is 12.7 Å². The van der Waals surface area contributed by atoms with Crippen LogP contribution in [0.25, 0.3) is 0 Å². The number of hydrogen-bond acceptors (Lipinski definition) is 9. The highest BCUT2D eigenvalue weighted by Gasteiger charge is 2.27. The molecule has 0 spiro atoms. The standard InChI is InChI=1S/C46H81O10P/c1-3-5-7-9-11-13-15-17-19-20-21-22-24-25-27-29-31-33-35-37-45(49)53-41-44(42-55-57(51,52)54-40-43(48)39-47)56-46(50)38-36-34-32-30-28-26-23-18-16-14-12-10-8-6-4-2/h6,8,12,14,18,20-21,23,28,30,43-44,47-48H,3-5,7,9-11,13,15-17,19,22,24-27,29,31-42H2,1-2H3,(H,51,52)/b8-6-,14-12-,21-20-,23-18-,30-28-/t43-,44+/m0/s1. The number of rotatable bonds is 41. The molecule has 0 aliphatic rings. The molecule has 57 heavy (non-hydrogen) atoms. The summed E-state index contributed by atoms with van der Waals surface area (Å²) in [5.41, 5.74) is 0.